The number of benzene rings is 2. The highest BCUT2D eigenvalue weighted by Gasteiger charge is 2.27. The third kappa shape index (κ3) is 3.25. The molecule has 3 nitrogen and oxygen atoms in total. The number of hydrogen-bond donors (Lipinski definition) is 1. The monoisotopic (exact) mass is 354 g/mol. The number of carbonyl (C=O) groups is 1. The molecule has 0 aromatic heterocycles. The molecular formula is C16H16Cl2N2OS. The van der Waals surface area contributed by atoms with E-state index in [0.29, 0.717) is 24.4 Å². The minimum absolute atomic E-state index is 0. The molecule has 3 rings (SSSR count). The highest BCUT2D eigenvalue weighted by Crippen LogP contribution is 2.48. The van der Waals surface area contributed by atoms with E-state index in [2.05, 4.69) is 0 Å². The van der Waals surface area contributed by atoms with Crippen LogP contribution in [0.2, 0.25) is 5.02 Å². The van der Waals surface area contributed by atoms with Crippen molar-refractivity contribution in [1.29, 1.82) is 0 Å². The predicted molar refractivity (Wildman–Crippen MR) is 94.7 cm³/mol. The van der Waals surface area contributed by atoms with E-state index < -0.39 is 0 Å². The second kappa shape index (κ2) is 7.38. The molecule has 2 aromatic rings. The zero-order chi connectivity index (χ0) is 14.8. The third-order valence-corrected chi connectivity index (χ3v) is 4.70. The van der Waals surface area contributed by atoms with Crippen molar-refractivity contribution >= 4 is 53.1 Å². The number of halogens is 2. The Kier molecular flexibility index (Phi) is 5.75. The van der Waals surface area contributed by atoms with Gasteiger partial charge in [-0.25, -0.2) is 0 Å². The molecule has 0 saturated carbocycles. The average molecular weight is 355 g/mol. The molecule has 0 aliphatic carbocycles. The quantitative estimate of drug-likeness (QED) is 0.873. The smallest absolute Gasteiger partial charge is 0.231 e. The van der Waals surface area contributed by atoms with Crippen molar-refractivity contribution in [2.75, 3.05) is 11.4 Å². The van der Waals surface area contributed by atoms with Gasteiger partial charge in [-0.1, -0.05) is 35.5 Å². The lowest BCUT2D eigenvalue weighted by Crippen LogP contribution is -2.28. The van der Waals surface area contributed by atoms with Crippen LogP contribution in [0.4, 0.5) is 11.4 Å². The standard InChI is InChI=1S/C16H15ClN2OS.ClH/c17-11-7-8-15-13(10-11)19(16(20)6-3-9-18)12-4-1-2-5-14(12)21-15;/h1-2,4-5,7-8,10H,3,6,9,18H2;1H. The maximum absolute atomic E-state index is 12.6. The molecule has 0 unspecified atom stereocenters. The van der Waals surface area contributed by atoms with E-state index in [1.54, 1.807) is 16.7 Å². The Hall–Kier alpha value is -1.20. The Balaban J connectivity index is 0.00000176. The Labute approximate surface area is 145 Å². The van der Waals surface area contributed by atoms with Gasteiger partial charge in [0.25, 0.3) is 0 Å². The molecule has 116 valence electrons. The zero-order valence-electron chi connectivity index (χ0n) is 11.8. The number of amides is 1. The van der Waals surface area contributed by atoms with Gasteiger partial charge in [0.15, 0.2) is 0 Å². The summed E-state index contributed by atoms with van der Waals surface area (Å²) in [5, 5.41) is 0.630. The summed E-state index contributed by atoms with van der Waals surface area (Å²) >= 11 is 7.77. The number of para-hydroxylation sites is 1. The van der Waals surface area contributed by atoms with E-state index >= 15 is 0 Å². The molecule has 0 spiro atoms. The maximum Gasteiger partial charge on any atom is 0.231 e. The Bertz CT molecular complexity index is 694. The van der Waals surface area contributed by atoms with E-state index in [4.69, 9.17) is 17.3 Å². The number of anilines is 2. The van der Waals surface area contributed by atoms with Crippen LogP contribution in [0.25, 0.3) is 0 Å². The Morgan fingerprint density at radius 3 is 2.64 bits per heavy atom. The van der Waals surface area contributed by atoms with Crippen LogP contribution >= 0.6 is 35.8 Å². The summed E-state index contributed by atoms with van der Waals surface area (Å²) in [6, 6.07) is 13.6. The first-order chi connectivity index (χ1) is 10.2. The fraction of sp³-hybridized carbons (Fsp3) is 0.188. The summed E-state index contributed by atoms with van der Waals surface area (Å²) in [5.74, 6) is 0.0525. The molecule has 1 heterocycles. The molecule has 2 N–H and O–H groups in total. The van der Waals surface area contributed by atoms with E-state index in [1.807, 2.05) is 42.5 Å². The van der Waals surface area contributed by atoms with Gasteiger partial charge in [0.1, 0.15) is 0 Å². The molecule has 22 heavy (non-hydrogen) atoms. The predicted octanol–water partition coefficient (Wildman–Crippen LogP) is 4.63. The van der Waals surface area contributed by atoms with Crippen molar-refractivity contribution in [3.8, 4) is 0 Å². The van der Waals surface area contributed by atoms with Gasteiger partial charge < -0.3 is 5.73 Å². The number of nitrogens with two attached hydrogens (primary N) is 1. The number of rotatable bonds is 3. The van der Waals surface area contributed by atoms with Crippen LogP contribution in [0.15, 0.2) is 52.3 Å². The van der Waals surface area contributed by atoms with Gasteiger partial charge in [-0.3, -0.25) is 9.69 Å². The molecule has 2 aromatic carbocycles. The summed E-state index contributed by atoms with van der Waals surface area (Å²) < 4.78 is 0. The van der Waals surface area contributed by atoms with Gasteiger partial charge >= 0.3 is 0 Å². The van der Waals surface area contributed by atoms with E-state index in [0.717, 1.165) is 21.2 Å². The van der Waals surface area contributed by atoms with Crippen molar-refractivity contribution in [1.82, 2.24) is 0 Å². The SMILES string of the molecule is Cl.NCCCC(=O)N1c2ccccc2Sc2ccc(Cl)cc21. The molecule has 1 aliphatic rings. The van der Waals surface area contributed by atoms with Crippen molar-refractivity contribution in [2.24, 2.45) is 5.73 Å². The van der Waals surface area contributed by atoms with Gasteiger partial charge in [0.2, 0.25) is 5.91 Å². The first kappa shape index (κ1) is 17.2. The Morgan fingerprint density at radius 2 is 1.86 bits per heavy atom. The summed E-state index contributed by atoms with van der Waals surface area (Å²) in [6.45, 7) is 0.512. The summed E-state index contributed by atoms with van der Waals surface area (Å²) in [7, 11) is 0. The molecule has 1 aliphatic heterocycles. The molecule has 0 saturated heterocycles. The van der Waals surface area contributed by atoms with Crippen molar-refractivity contribution in [3.05, 3.63) is 47.5 Å². The fourth-order valence-electron chi connectivity index (χ4n) is 2.36. The van der Waals surface area contributed by atoms with Crippen LogP contribution in [-0.4, -0.2) is 12.5 Å². The van der Waals surface area contributed by atoms with Gasteiger partial charge in [-0.05, 0) is 43.3 Å². The molecule has 6 heteroatoms. The summed E-state index contributed by atoms with van der Waals surface area (Å²) in [4.78, 5) is 16.5. The highest BCUT2D eigenvalue weighted by atomic mass is 35.5. The topological polar surface area (TPSA) is 46.3 Å². The van der Waals surface area contributed by atoms with E-state index in [9.17, 15) is 4.79 Å². The molecule has 0 fully saturated rings. The van der Waals surface area contributed by atoms with Gasteiger partial charge in [-0.2, -0.15) is 0 Å². The normalized spacial score (nSPS) is 12.2. The second-order valence-corrected chi connectivity index (χ2v) is 6.32. The summed E-state index contributed by atoms with van der Waals surface area (Å²) in [5.41, 5.74) is 7.29. The zero-order valence-corrected chi connectivity index (χ0v) is 14.2. The van der Waals surface area contributed by atoms with Crippen LogP contribution in [0.3, 0.4) is 0 Å². The van der Waals surface area contributed by atoms with Crippen LogP contribution < -0.4 is 10.6 Å². The molecule has 1 amide bonds. The fourth-order valence-corrected chi connectivity index (χ4v) is 3.57. The minimum Gasteiger partial charge on any atom is -0.330 e. The number of fused-ring (bicyclic) bond motifs is 2. The van der Waals surface area contributed by atoms with Gasteiger partial charge in [0, 0.05) is 21.2 Å². The molecular weight excluding hydrogens is 339 g/mol. The molecule has 0 bridgehead atoms. The maximum atomic E-state index is 12.6. The lowest BCUT2D eigenvalue weighted by atomic mass is 10.2. The first-order valence-electron chi connectivity index (χ1n) is 6.80. The molecule has 0 atom stereocenters. The van der Waals surface area contributed by atoms with Crippen LogP contribution in [0.1, 0.15) is 12.8 Å². The first-order valence-corrected chi connectivity index (χ1v) is 7.99. The second-order valence-electron chi connectivity index (χ2n) is 4.80. The third-order valence-electron chi connectivity index (χ3n) is 3.33. The average Bonchev–Trinajstić information content (AvgIpc) is 2.50. The van der Waals surface area contributed by atoms with Crippen LogP contribution in [-0.2, 0) is 4.79 Å². The number of nitrogens with zero attached hydrogens (tertiary/aromatic N) is 1. The summed E-state index contributed by atoms with van der Waals surface area (Å²) in [6.07, 6.45) is 1.11. The van der Waals surface area contributed by atoms with Gasteiger partial charge in [0.05, 0.1) is 11.4 Å². The van der Waals surface area contributed by atoms with Crippen molar-refractivity contribution in [3.63, 3.8) is 0 Å². The van der Waals surface area contributed by atoms with E-state index in [-0.39, 0.29) is 18.3 Å². The molecule has 0 radical (unpaired) electrons. The Morgan fingerprint density at radius 1 is 1.14 bits per heavy atom. The van der Waals surface area contributed by atoms with Crippen LogP contribution in [0.5, 0.6) is 0 Å². The highest BCUT2D eigenvalue weighted by molar-refractivity contribution is 7.99. The minimum atomic E-state index is 0. The van der Waals surface area contributed by atoms with E-state index in [1.165, 1.54) is 0 Å². The van der Waals surface area contributed by atoms with Crippen LogP contribution in [0, 0.1) is 0 Å². The lowest BCUT2D eigenvalue weighted by Gasteiger charge is -2.31. The number of hydrogen-bond acceptors (Lipinski definition) is 3. The van der Waals surface area contributed by atoms with Crippen molar-refractivity contribution in [2.45, 2.75) is 22.6 Å². The van der Waals surface area contributed by atoms with Gasteiger partial charge in [-0.15, -0.1) is 12.4 Å². The van der Waals surface area contributed by atoms with Crippen molar-refractivity contribution < 1.29 is 4.79 Å². The number of carbonyl (C=O) groups excluding carboxylic acids is 1. The largest absolute Gasteiger partial charge is 0.330 e. The lowest BCUT2D eigenvalue weighted by molar-refractivity contribution is -0.118.